The number of carboxylic acids is 1. The van der Waals surface area contributed by atoms with E-state index in [0.29, 0.717) is 18.6 Å². The van der Waals surface area contributed by atoms with Crippen molar-refractivity contribution in [2.45, 2.75) is 25.8 Å². The summed E-state index contributed by atoms with van der Waals surface area (Å²) >= 11 is 0. The first-order chi connectivity index (χ1) is 13.5. The number of nitrogens with one attached hydrogen (secondary N) is 1. The first-order valence-corrected chi connectivity index (χ1v) is 9.51. The Morgan fingerprint density at radius 3 is 2.61 bits per heavy atom. The second-order valence-corrected chi connectivity index (χ2v) is 7.13. The monoisotopic (exact) mass is 382 g/mol. The minimum Gasteiger partial charge on any atom is -0.496 e. The molecule has 2 aromatic rings. The molecule has 0 radical (unpaired) electrons. The number of anilines is 1. The summed E-state index contributed by atoms with van der Waals surface area (Å²) in [6, 6.07) is 15.3. The smallest absolute Gasteiger partial charge is 0.306 e. The van der Waals surface area contributed by atoms with Crippen LogP contribution in [-0.2, 0) is 22.6 Å². The van der Waals surface area contributed by atoms with Crippen molar-refractivity contribution in [3.8, 4) is 5.75 Å². The highest BCUT2D eigenvalue weighted by Gasteiger charge is 2.24. The van der Waals surface area contributed by atoms with Gasteiger partial charge < -0.3 is 15.2 Å². The zero-order valence-electron chi connectivity index (χ0n) is 16.1. The summed E-state index contributed by atoms with van der Waals surface area (Å²) in [7, 11) is 1.60. The highest BCUT2D eigenvalue weighted by molar-refractivity contribution is 5.92. The van der Waals surface area contributed by atoms with E-state index in [9.17, 15) is 9.59 Å². The summed E-state index contributed by atoms with van der Waals surface area (Å²) in [5, 5.41) is 12.1. The summed E-state index contributed by atoms with van der Waals surface area (Å²) in [6.45, 7) is 2.31. The number of benzene rings is 2. The molecule has 0 spiro atoms. The zero-order valence-corrected chi connectivity index (χ0v) is 16.1. The standard InChI is InChI=1S/C22H26N2O4/c1-28-20-8-3-2-6-18(20)14-21(25)23-19-7-4-5-16(13-19)15-24-11-9-17(10-12-24)22(26)27/h2-8,13,17H,9-12,14-15H2,1H3,(H,23,25)(H,26,27). The van der Waals surface area contributed by atoms with Gasteiger partial charge in [-0.1, -0.05) is 30.3 Å². The van der Waals surface area contributed by atoms with Gasteiger partial charge in [-0.3, -0.25) is 14.5 Å². The van der Waals surface area contributed by atoms with Crippen LogP contribution in [0, 0.1) is 5.92 Å². The van der Waals surface area contributed by atoms with Gasteiger partial charge >= 0.3 is 5.97 Å². The Balaban J connectivity index is 1.56. The van der Waals surface area contributed by atoms with Crippen LogP contribution in [0.1, 0.15) is 24.0 Å². The number of ether oxygens (including phenoxy) is 1. The number of hydrogen-bond acceptors (Lipinski definition) is 4. The Kier molecular flexibility index (Phi) is 6.66. The molecule has 148 valence electrons. The number of carboxylic acid groups (broad SMARTS) is 1. The normalized spacial score (nSPS) is 15.2. The molecule has 0 aromatic heterocycles. The minimum atomic E-state index is -0.695. The van der Waals surface area contributed by atoms with Crippen molar-refractivity contribution in [1.29, 1.82) is 0 Å². The average molecular weight is 382 g/mol. The lowest BCUT2D eigenvalue weighted by Crippen LogP contribution is -2.35. The topological polar surface area (TPSA) is 78.9 Å². The SMILES string of the molecule is COc1ccccc1CC(=O)Nc1cccc(CN2CCC(C(=O)O)CC2)c1. The molecule has 1 fully saturated rings. The summed E-state index contributed by atoms with van der Waals surface area (Å²) in [5.41, 5.74) is 2.71. The van der Waals surface area contributed by atoms with Crippen LogP contribution in [0.5, 0.6) is 5.75 Å². The Morgan fingerprint density at radius 1 is 1.14 bits per heavy atom. The maximum atomic E-state index is 12.4. The van der Waals surface area contributed by atoms with Gasteiger partial charge in [0.25, 0.3) is 0 Å². The number of nitrogens with zero attached hydrogens (tertiary/aromatic N) is 1. The van der Waals surface area contributed by atoms with Crippen molar-refractivity contribution in [1.82, 2.24) is 4.90 Å². The van der Waals surface area contributed by atoms with Crippen molar-refractivity contribution >= 4 is 17.6 Å². The molecule has 28 heavy (non-hydrogen) atoms. The van der Waals surface area contributed by atoms with Crippen LogP contribution in [-0.4, -0.2) is 42.1 Å². The van der Waals surface area contributed by atoms with E-state index in [1.54, 1.807) is 7.11 Å². The maximum Gasteiger partial charge on any atom is 0.306 e. The third-order valence-electron chi connectivity index (χ3n) is 5.10. The van der Waals surface area contributed by atoms with Crippen LogP contribution in [0.3, 0.4) is 0 Å². The first-order valence-electron chi connectivity index (χ1n) is 9.51. The lowest BCUT2D eigenvalue weighted by molar-refractivity contribution is -0.143. The van der Waals surface area contributed by atoms with Gasteiger partial charge in [0.05, 0.1) is 19.4 Å². The van der Waals surface area contributed by atoms with Crippen LogP contribution in [0.15, 0.2) is 48.5 Å². The van der Waals surface area contributed by atoms with Crippen LogP contribution in [0.2, 0.25) is 0 Å². The molecule has 1 saturated heterocycles. The van der Waals surface area contributed by atoms with Gasteiger partial charge in [-0.05, 0) is 49.7 Å². The van der Waals surface area contributed by atoms with Crippen LogP contribution in [0.4, 0.5) is 5.69 Å². The molecule has 2 aromatic carbocycles. The predicted molar refractivity (Wildman–Crippen MR) is 107 cm³/mol. The molecule has 0 atom stereocenters. The zero-order chi connectivity index (χ0) is 19.9. The lowest BCUT2D eigenvalue weighted by atomic mass is 9.97. The van der Waals surface area contributed by atoms with Crippen molar-refractivity contribution in [3.05, 3.63) is 59.7 Å². The van der Waals surface area contributed by atoms with Crippen LogP contribution < -0.4 is 10.1 Å². The molecule has 1 heterocycles. The Hall–Kier alpha value is -2.86. The minimum absolute atomic E-state index is 0.0936. The van der Waals surface area contributed by atoms with Gasteiger partial charge in [0.1, 0.15) is 5.75 Å². The number of piperidine rings is 1. The number of para-hydroxylation sites is 1. The average Bonchev–Trinajstić information content (AvgIpc) is 2.69. The molecule has 2 N–H and O–H groups in total. The Bertz CT molecular complexity index is 829. The molecule has 0 unspecified atom stereocenters. The number of carbonyl (C=O) groups excluding carboxylic acids is 1. The van der Waals surface area contributed by atoms with E-state index in [1.807, 2.05) is 48.5 Å². The number of carbonyl (C=O) groups is 2. The molecule has 6 nitrogen and oxygen atoms in total. The van der Waals surface area contributed by atoms with Gasteiger partial charge in [0.2, 0.25) is 5.91 Å². The molecule has 0 aliphatic carbocycles. The maximum absolute atomic E-state index is 12.4. The predicted octanol–water partition coefficient (Wildman–Crippen LogP) is 3.17. The molecule has 1 aliphatic rings. The van der Waals surface area contributed by atoms with E-state index < -0.39 is 5.97 Å². The Morgan fingerprint density at radius 2 is 1.89 bits per heavy atom. The molecule has 6 heteroatoms. The van der Waals surface area contributed by atoms with Crippen molar-refractivity contribution in [3.63, 3.8) is 0 Å². The molecular weight excluding hydrogens is 356 g/mol. The molecule has 0 saturated carbocycles. The lowest BCUT2D eigenvalue weighted by Gasteiger charge is -2.30. The van der Waals surface area contributed by atoms with Crippen molar-refractivity contribution in [2.75, 3.05) is 25.5 Å². The fraction of sp³-hybridized carbons (Fsp3) is 0.364. The van der Waals surface area contributed by atoms with E-state index in [0.717, 1.165) is 36.4 Å². The molecule has 3 rings (SSSR count). The highest BCUT2D eigenvalue weighted by Crippen LogP contribution is 2.21. The molecule has 0 bridgehead atoms. The summed E-state index contributed by atoms with van der Waals surface area (Å²) in [4.78, 5) is 25.7. The number of aliphatic carboxylic acids is 1. The van der Waals surface area contributed by atoms with Gasteiger partial charge in [-0.25, -0.2) is 0 Å². The van der Waals surface area contributed by atoms with Gasteiger partial charge in [0, 0.05) is 17.8 Å². The van der Waals surface area contributed by atoms with E-state index in [2.05, 4.69) is 10.2 Å². The van der Waals surface area contributed by atoms with Gasteiger partial charge in [-0.2, -0.15) is 0 Å². The third kappa shape index (κ3) is 5.33. The fourth-order valence-electron chi connectivity index (χ4n) is 3.57. The molecule has 1 aliphatic heterocycles. The second kappa shape index (κ2) is 9.37. The van der Waals surface area contributed by atoms with E-state index in [-0.39, 0.29) is 18.2 Å². The molecule has 1 amide bonds. The second-order valence-electron chi connectivity index (χ2n) is 7.13. The Labute approximate surface area is 165 Å². The fourth-order valence-corrected chi connectivity index (χ4v) is 3.57. The quantitative estimate of drug-likeness (QED) is 0.769. The van der Waals surface area contributed by atoms with Gasteiger partial charge in [0.15, 0.2) is 0 Å². The highest BCUT2D eigenvalue weighted by atomic mass is 16.5. The number of rotatable bonds is 7. The van der Waals surface area contributed by atoms with Crippen molar-refractivity contribution in [2.24, 2.45) is 5.92 Å². The third-order valence-corrected chi connectivity index (χ3v) is 5.10. The molecular formula is C22H26N2O4. The largest absolute Gasteiger partial charge is 0.496 e. The van der Waals surface area contributed by atoms with Crippen LogP contribution in [0.25, 0.3) is 0 Å². The number of methoxy groups -OCH3 is 1. The number of hydrogen-bond donors (Lipinski definition) is 2. The summed E-state index contributed by atoms with van der Waals surface area (Å²) in [6.07, 6.45) is 1.62. The van der Waals surface area contributed by atoms with E-state index in [1.165, 1.54) is 0 Å². The van der Waals surface area contributed by atoms with E-state index >= 15 is 0 Å². The summed E-state index contributed by atoms with van der Waals surface area (Å²) in [5.74, 6) is -0.309. The number of likely N-dealkylation sites (tertiary alicyclic amines) is 1. The number of amides is 1. The van der Waals surface area contributed by atoms with Gasteiger partial charge in [-0.15, -0.1) is 0 Å². The van der Waals surface area contributed by atoms with E-state index in [4.69, 9.17) is 9.84 Å². The van der Waals surface area contributed by atoms with Crippen LogP contribution >= 0.6 is 0 Å². The first kappa shape index (κ1) is 19.9. The summed E-state index contributed by atoms with van der Waals surface area (Å²) < 4.78 is 5.30. The van der Waals surface area contributed by atoms with Crippen molar-refractivity contribution < 1.29 is 19.4 Å².